The maximum atomic E-state index is 12.3. The number of rotatable bonds is 4. The van der Waals surface area contributed by atoms with E-state index in [-0.39, 0.29) is 23.6 Å². The van der Waals surface area contributed by atoms with E-state index in [2.05, 4.69) is 4.90 Å². The third kappa shape index (κ3) is 4.89. The van der Waals surface area contributed by atoms with Gasteiger partial charge in [0, 0.05) is 39.3 Å². The summed E-state index contributed by atoms with van der Waals surface area (Å²) in [5.41, 5.74) is -0.156. The van der Waals surface area contributed by atoms with Crippen LogP contribution in [0, 0.1) is 5.41 Å². The summed E-state index contributed by atoms with van der Waals surface area (Å²) in [5.74, 6) is 0.0326. The molecule has 1 atom stereocenters. The number of carbonyl (C=O) groups is 1. The number of aliphatic hydroxyl groups excluding tert-OH is 1. The van der Waals surface area contributed by atoms with Gasteiger partial charge in [-0.25, -0.2) is 8.42 Å². The zero-order valence-electron chi connectivity index (χ0n) is 14.4. The highest BCUT2D eigenvalue weighted by Gasteiger charge is 2.32. The van der Waals surface area contributed by atoms with Crippen LogP contribution in [-0.2, 0) is 14.8 Å². The lowest BCUT2D eigenvalue weighted by Gasteiger charge is -2.38. The van der Waals surface area contributed by atoms with Crippen LogP contribution in [0.4, 0.5) is 0 Å². The van der Waals surface area contributed by atoms with Crippen LogP contribution in [0.1, 0.15) is 27.2 Å². The van der Waals surface area contributed by atoms with Crippen LogP contribution in [0.2, 0.25) is 0 Å². The lowest BCUT2D eigenvalue weighted by Crippen LogP contribution is -2.53. The molecule has 8 heteroatoms. The average Bonchev–Trinajstić information content (AvgIpc) is 2.77. The van der Waals surface area contributed by atoms with Gasteiger partial charge in [-0.05, 0) is 11.8 Å². The molecule has 2 rings (SSSR count). The zero-order valence-corrected chi connectivity index (χ0v) is 15.2. The van der Waals surface area contributed by atoms with Gasteiger partial charge in [0.25, 0.3) is 0 Å². The second-order valence-electron chi connectivity index (χ2n) is 7.57. The predicted molar refractivity (Wildman–Crippen MR) is 88.5 cm³/mol. The number of sulfonamides is 1. The first kappa shape index (κ1) is 18.6. The molecule has 0 spiro atoms. The van der Waals surface area contributed by atoms with E-state index in [4.69, 9.17) is 0 Å². The fourth-order valence-corrected chi connectivity index (χ4v) is 4.28. The third-order valence-electron chi connectivity index (χ3n) is 4.67. The number of nitrogens with zero attached hydrogens (tertiary/aromatic N) is 3. The predicted octanol–water partition coefficient (Wildman–Crippen LogP) is -0.427. The summed E-state index contributed by atoms with van der Waals surface area (Å²) in [6.07, 6.45) is 0.202. The van der Waals surface area contributed by atoms with Crippen LogP contribution in [0.5, 0.6) is 0 Å². The number of β-amino-alcohol motifs (C(OH)–C–C–N with tert-alkyl or cyclic N) is 1. The van der Waals surface area contributed by atoms with Gasteiger partial charge >= 0.3 is 0 Å². The molecule has 134 valence electrons. The third-order valence-corrected chi connectivity index (χ3v) is 6.57. The van der Waals surface area contributed by atoms with Crippen molar-refractivity contribution in [3.63, 3.8) is 0 Å². The van der Waals surface area contributed by atoms with Crippen LogP contribution < -0.4 is 0 Å². The Morgan fingerprint density at radius 2 is 1.74 bits per heavy atom. The molecule has 0 aromatic heterocycles. The van der Waals surface area contributed by atoms with E-state index < -0.39 is 16.1 Å². The minimum absolute atomic E-state index is 0.0348. The van der Waals surface area contributed by atoms with Crippen molar-refractivity contribution in [2.45, 2.75) is 33.3 Å². The smallest absolute Gasteiger partial charge is 0.237 e. The second kappa shape index (κ2) is 7.04. The van der Waals surface area contributed by atoms with E-state index in [9.17, 15) is 18.3 Å². The van der Waals surface area contributed by atoms with Crippen molar-refractivity contribution in [3.8, 4) is 0 Å². The summed E-state index contributed by atoms with van der Waals surface area (Å²) >= 11 is 0. The SMILES string of the molecule is CC(C)(C)[C@@H](O)CN1CCN(C(=O)CN2CCCS2(=O)=O)CC1. The van der Waals surface area contributed by atoms with Gasteiger partial charge in [0.2, 0.25) is 15.9 Å². The number of carbonyl (C=O) groups excluding carboxylic acids is 1. The molecule has 0 radical (unpaired) electrons. The monoisotopic (exact) mass is 347 g/mol. The lowest BCUT2D eigenvalue weighted by molar-refractivity contribution is -0.133. The van der Waals surface area contributed by atoms with Gasteiger partial charge in [-0.15, -0.1) is 0 Å². The fourth-order valence-electron chi connectivity index (χ4n) is 2.82. The van der Waals surface area contributed by atoms with Gasteiger partial charge in [0.05, 0.1) is 18.4 Å². The zero-order chi connectivity index (χ0) is 17.3. The Hall–Kier alpha value is -0.700. The van der Waals surface area contributed by atoms with Crippen LogP contribution >= 0.6 is 0 Å². The Morgan fingerprint density at radius 3 is 2.22 bits per heavy atom. The molecule has 0 saturated carbocycles. The molecule has 0 aliphatic carbocycles. The van der Waals surface area contributed by atoms with Crippen molar-refractivity contribution in [1.29, 1.82) is 0 Å². The maximum absolute atomic E-state index is 12.3. The van der Waals surface area contributed by atoms with Crippen LogP contribution in [-0.4, -0.2) is 91.2 Å². The van der Waals surface area contributed by atoms with Gasteiger partial charge in [0.15, 0.2) is 0 Å². The molecule has 2 aliphatic rings. The highest BCUT2D eigenvalue weighted by molar-refractivity contribution is 7.89. The molecule has 0 unspecified atom stereocenters. The molecule has 23 heavy (non-hydrogen) atoms. The average molecular weight is 347 g/mol. The van der Waals surface area contributed by atoms with Crippen LogP contribution in [0.15, 0.2) is 0 Å². The minimum Gasteiger partial charge on any atom is -0.391 e. The lowest BCUT2D eigenvalue weighted by atomic mass is 9.89. The molecule has 0 bridgehead atoms. The Morgan fingerprint density at radius 1 is 1.13 bits per heavy atom. The van der Waals surface area contributed by atoms with Gasteiger partial charge in [-0.3, -0.25) is 9.69 Å². The number of amides is 1. The molecular formula is C15H29N3O4S. The number of hydrogen-bond acceptors (Lipinski definition) is 5. The maximum Gasteiger partial charge on any atom is 0.237 e. The Balaban J connectivity index is 1.79. The summed E-state index contributed by atoms with van der Waals surface area (Å²) in [6.45, 7) is 9.64. The van der Waals surface area contributed by atoms with Crippen molar-refractivity contribution < 1.29 is 18.3 Å². The molecule has 0 aromatic carbocycles. The number of hydrogen-bond donors (Lipinski definition) is 1. The molecule has 1 amide bonds. The van der Waals surface area contributed by atoms with E-state index in [0.717, 1.165) is 0 Å². The molecule has 0 aromatic rings. The van der Waals surface area contributed by atoms with Crippen molar-refractivity contribution in [2.75, 3.05) is 51.6 Å². The van der Waals surface area contributed by atoms with E-state index >= 15 is 0 Å². The quantitative estimate of drug-likeness (QED) is 0.747. The number of piperazine rings is 1. The van der Waals surface area contributed by atoms with Crippen molar-refractivity contribution in [1.82, 2.24) is 14.1 Å². The van der Waals surface area contributed by atoms with Gasteiger partial charge in [0.1, 0.15) is 0 Å². The number of aliphatic hydroxyl groups is 1. The first-order valence-electron chi connectivity index (χ1n) is 8.25. The van der Waals surface area contributed by atoms with E-state index in [0.29, 0.717) is 45.7 Å². The van der Waals surface area contributed by atoms with Crippen LogP contribution in [0.25, 0.3) is 0 Å². The molecule has 2 aliphatic heterocycles. The van der Waals surface area contributed by atoms with Crippen LogP contribution in [0.3, 0.4) is 0 Å². The molecule has 2 saturated heterocycles. The van der Waals surface area contributed by atoms with Gasteiger partial charge < -0.3 is 10.0 Å². The molecule has 2 fully saturated rings. The highest BCUT2D eigenvalue weighted by Crippen LogP contribution is 2.20. The highest BCUT2D eigenvalue weighted by atomic mass is 32.2. The molecule has 1 N–H and O–H groups in total. The van der Waals surface area contributed by atoms with Crippen molar-refractivity contribution in [3.05, 3.63) is 0 Å². The molecular weight excluding hydrogens is 318 g/mol. The normalized spacial score (nSPS) is 24.8. The second-order valence-corrected chi connectivity index (χ2v) is 9.65. The summed E-state index contributed by atoms with van der Waals surface area (Å²) in [4.78, 5) is 16.2. The Labute approximate surface area is 139 Å². The van der Waals surface area contributed by atoms with E-state index in [1.165, 1.54) is 4.31 Å². The molecule has 7 nitrogen and oxygen atoms in total. The topological polar surface area (TPSA) is 81.2 Å². The van der Waals surface area contributed by atoms with Gasteiger partial charge in [-0.2, -0.15) is 4.31 Å². The summed E-state index contributed by atoms with van der Waals surface area (Å²) in [5, 5.41) is 10.2. The van der Waals surface area contributed by atoms with Crippen molar-refractivity contribution >= 4 is 15.9 Å². The largest absolute Gasteiger partial charge is 0.391 e. The van der Waals surface area contributed by atoms with Gasteiger partial charge in [-0.1, -0.05) is 20.8 Å². The summed E-state index contributed by atoms with van der Waals surface area (Å²) < 4.78 is 24.8. The Kier molecular flexibility index (Phi) is 5.71. The minimum atomic E-state index is -3.22. The molecule has 2 heterocycles. The fraction of sp³-hybridized carbons (Fsp3) is 0.933. The standard InChI is InChI=1S/C15H29N3O4S/c1-15(2,3)13(19)11-16-6-8-17(9-7-16)14(20)12-18-5-4-10-23(18,21)22/h13,19H,4-12H2,1-3H3/t13-/m0/s1. The Bertz CT molecular complexity index is 521. The first-order chi connectivity index (χ1) is 10.6. The first-order valence-corrected chi connectivity index (χ1v) is 9.86. The van der Waals surface area contributed by atoms with E-state index in [1.54, 1.807) is 4.90 Å². The van der Waals surface area contributed by atoms with Crippen molar-refractivity contribution in [2.24, 2.45) is 5.41 Å². The summed E-state index contributed by atoms with van der Waals surface area (Å²) in [7, 11) is -3.22. The summed E-state index contributed by atoms with van der Waals surface area (Å²) in [6, 6.07) is 0. The van der Waals surface area contributed by atoms with E-state index in [1.807, 2.05) is 20.8 Å².